The van der Waals surface area contributed by atoms with Crippen LogP contribution in [0, 0.1) is 0 Å². The highest BCUT2D eigenvalue weighted by Crippen LogP contribution is 2.35. The fourth-order valence-corrected chi connectivity index (χ4v) is 5.40. The van der Waals surface area contributed by atoms with E-state index in [1.807, 2.05) is 32.0 Å². The molecule has 1 aromatic carbocycles. The van der Waals surface area contributed by atoms with E-state index in [1.54, 1.807) is 4.52 Å². The Bertz CT molecular complexity index is 1140. The summed E-state index contributed by atoms with van der Waals surface area (Å²) < 4.78 is 38.5. The van der Waals surface area contributed by atoms with Gasteiger partial charge in [-0.05, 0) is 44.9 Å². The second-order valence-electron chi connectivity index (χ2n) is 7.15. The first-order chi connectivity index (χ1) is 14.4. The molecular formula is C19H25N5O4S2. The van der Waals surface area contributed by atoms with Gasteiger partial charge in [-0.15, -0.1) is 10.2 Å². The second kappa shape index (κ2) is 8.48. The Morgan fingerprint density at radius 1 is 1.17 bits per heavy atom. The van der Waals surface area contributed by atoms with Crippen molar-refractivity contribution >= 4 is 26.3 Å². The maximum Gasteiger partial charge on any atom is 0.234 e. The Morgan fingerprint density at radius 2 is 1.93 bits per heavy atom. The van der Waals surface area contributed by atoms with Crippen LogP contribution in [0.3, 0.4) is 0 Å². The van der Waals surface area contributed by atoms with Crippen molar-refractivity contribution in [2.75, 3.05) is 32.6 Å². The van der Waals surface area contributed by atoms with E-state index in [-0.39, 0.29) is 5.92 Å². The van der Waals surface area contributed by atoms with E-state index < -0.39 is 10.0 Å². The second-order valence-corrected chi connectivity index (χ2v) is 10.1. The van der Waals surface area contributed by atoms with Crippen molar-refractivity contribution < 1.29 is 17.9 Å². The van der Waals surface area contributed by atoms with E-state index in [9.17, 15) is 8.42 Å². The Kier molecular flexibility index (Phi) is 5.94. The lowest BCUT2D eigenvalue weighted by molar-refractivity contribution is 0.288. The van der Waals surface area contributed by atoms with Crippen LogP contribution in [0.5, 0.6) is 11.5 Å². The molecule has 1 fully saturated rings. The zero-order valence-electron chi connectivity index (χ0n) is 17.2. The van der Waals surface area contributed by atoms with E-state index in [0.717, 1.165) is 23.4 Å². The molecule has 1 aliphatic heterocycles. The molecule has 162 valence electrons. The fraction of sp³-hybridized carbons (Fsp3) is 0.526. The predicted molar refractivity (Wildman–Crippen MR) is 115 cm³/mol. The summed E-state index contributed by atoms with van der Waals surface area (Å²) in [6, 6.07) is 5.76. The lowest BCUT2D eigenvalue weighted by atomic mass is 9.99. The van der Waals surface area contributed by atoms with Crippen molar-refractivity contribution in [2.45, 2.75) is 32.6 Å². The quantitative estimate of drug-likeness (QED) is 0.545. The minimum absolute atomic E-state index is 0.0299. The predicted octanol–water partition coefficient (Wildman–Crippen LogP) is 2.79. The number of nitrogens with zero attached hydrogens (tertiary/aromatic N) is 5. The van der Waals surface area contributed by atoms with E-state index >= 15 is 0 Å². The molecule has 2 aromatic heterocycles. The Morgan fingerprint density at radius 3 is 2.67 bits per heavy atom. The summed E-state index contributed by atoms with van der Waals surface area (Å²) in [5, 5.41) is 14.1. The maximum absolute atomic E-state index is 12.0. The molecule has 0 spiro atoms. The number of benzene rings is 1. The van der Waals surface area contributed by atoms with Crippen LogP contribution < -0.4 is 9.47 Å². The number of aromatic nitrogens is 4. The molecule has 0 radical (unpaired) electrons. The van der Waals surface area contributed by atoms with Crippen molar-refractivity contribution in [3.05, 3.63) is 24.0 Å². The van der Waals surface area contributed by atoms with Gasteiger partial charge in [0.15, 0.2) is 17.3 Å². The first-order valence-corrected chi connectivity index (χ1v) is 12.6. The van der Waals surface area contributed by atoms with Crippen LogP contribution in [0.25, 0.3) is 15.5 Å². The van der Waals surface area contributed by atoms with Gasteiger partial charge in [-0.1, -0.05) is 11.3 Å². The molecule has 1 saturated heterocycles. The van der Waals surface area contributed by atoms with Crippen molar-refractivity contribution in [3.8, 4) is 22.1 Å². The summed E-state index contributed by atoms with van der Waals surface area (Å²) in [5.41, 5.74) is 0.907. The van der Waals surface area contributed by atoms with Crippen molar-refractivity contribution in [1.29, 1.82) is 0 Å². The molecule has 1 atom stereocenters. The van der Waals surface area contributed by atoms with Crippen LogP contribution in [-0.4, -0.2) is 65.1 Å². The number of rotatable bonds is 7. The third-order valence-corrected chi connectivity index (χ3v) is 7.24. The summed E-state index contributed by atoms with van der Waals surface area (Å²) in [7, 11) is -3.23. The molecule has 11 heteroatoms. The first-order valence-electron chi connectivity index (χ1n) is 9.98. The zero-order chi connectivity index (χ0) is 21.3. The number of fused-ring (bicyclic) bond motifs is 1. The van der Waals surface area contributed by atoms with Gasteiger partial charge in [-0.2, -0.15) is 9.61 Å². The molecule has 3 aromatic rings. The van der Waals surface area contributed by atoms with E-state index in [4.69, 9.17) is 14.6 Å². The largest absolute Gasteiger partial charge is 0.490 e. The average molecular weight is 452 g/mol. The minimum Gasteiger partial charge on any atom is -0.490 e. The van der Waals surface area contributed by atoms with E-state index in [0.29, 0.717) is 48.6 Å². The van der Waals surface area contributed by atoms with Gasteiger partial charge in [0.2, 0.25) is 15.0 Å². The highest BCUT2D eigenvalue weighted by atomic mass is 32.2. The van der Waals surface area contributed by atoms with E-state index in [2.05, 4.69) is 10.2 Å². The molecule has 0 N–H and O–H groups in total. The van der Waals surface area contributed by atoms with Gasteiger partial charge in [0.05, 0.1) is 19.5 Å². The number of hydrogen-bond donors (Lipinski definition) is 0. The topological polar surface area (TPSA) is 98.9 Å². The molecule has 3 heterocycles. The Hall–Kier alpha value is -2.24. The van der Waals surface area contributed by atoms with Crippen LogP contribution in [0.2, 0.25) is 0 Å². The maximum atomic E-state index is 12.0. The van der Waals surface area contributed by atoms with Gasteiger partial charge in [-0.25, -0.2) is 12.7 Å². The van der Waals surface area contributed by atoms with E-state index in [1.165, 1.54) is 21.9 Å². The van der Waals surface area contributed by atoms with Gasteiger partial charge in [0, 0.05) is 24.6 Å². The highest BCUT2D eigenvalue weighted by molar-refractivity contribution is 7.88. The minimum atomic E-state index is -3.23. The van der Waals surface area contributed by atoms with Crippen LogP contribution >= 0.6 is 11.3 Å². The summed E-state index contributed by atoms with van der Waals surface area (Å²) in [6.45, 7) is 5.92. The molecule has 0 aliphatic carbocycles. The molecular weight excluding hydrogens is 426 g/mol. The third kappa shape index (κ3) is 4.14. The first kappa shape index (κ1) is 21.0. The number of ether oxygens (including phenoxy) is 2. The molecule has 0 amide bonds. The normalized spacial score (nSPS) is 18.0. The highest BCUT2D eigenvalue weighted by Gasteiger charge is 2.30. The summed E-state index contributed by atoms with van der Waals surface area (Å²) >= 11 is 1.44. The van der Waals surface area contributed by atoms with Gasteiger partial charge in [0.1, 0.15) is 5.01 Å². The molecule has 1 unspecified atom stereocenters. The van der Waals surface area contributed by atoms with Gasteiger partial charge in [-0.3, -0.25) is 0 Å². The van der Waals surface area contributed by atoms with Crippen LogP contribution in [0.1, 0.15) is 38.4 Å². The van der Waals surface area contributed by atoms with Crippen LogP contribution in [-0.2, 0) is 10.0 Å². The van der Waals surface area contributed by atoms with Crippen LogP contribution in [0.15, 0.2) is 18.2 Å². The summed E-state index contributed by atoms with van der Waals surface area (Å²) in [5.74, 6) is 2.06. The Labute approximate surface area is 179 Å². The monoisotopic (exact) mass is 451 g/mol. The number of piperidine rings is 1. The smallest absolute Gasteiger partial charge is 0.234 e. The summed E-state index contributed by atoms with van der Waals surface area (Å²) in [6.07, 6.45) is 2.90. The molecule has 30 heavy (non-hydrogen) atoms. The number of sulfonamides is 1. The lowest BCUT2D eigenvalue weighted by Gasteiger charge is -2.29. The number of hydrogen-bond acceptors (Lipinski definition) is 8. The zero-order valence-corrected chi connectivity index (χ0v) is 18.9. The molecule has 4 rings (SSSR count). The summed E-state index contributed by atoms with van der Waals surface area (Å²) in [4.78, 5) is 0.684. The van der Waals surface area contributed by atoms with Crippen molar-refractivity contribution in [3.63, 3.8) is 0 Å². The average Bonchev–Trinajstić information content (AvgIpc) is 3.30. The standard InChI is InChI=1S/C19H25N5O4S2/c1-4-27-15-9-8-13(11-16(15)28-5-2)18-22-24-17(20-21-19(24)29-18)14-7-6-10-23(12-14)30(3,25)26/h8-9,11,14H,4-7,10,12H2,1-3H3. The van der Waals surface area contributed by atoms with Gasteiger partial charge in [0.25, 0.3) is 0 Å². The van der Waals surface area contributed by atoms with Crippen molar-refractivity contribution in [1.82, 2.24) is 24.1 Å². The van der Waals surface area contributed by atoms with Gasteiger partial charge < -0.3 is 9.47 Å². The van der Waals surface area contributed by atoms with Crippen LogP contribution in [0.4, 0.5) is 0 Å². The third-order valence-electron chi connectivity index (χ3n) is 5.02. The molecule has 0 bridgehead atoms. The molecule has 1 aliphatic rings. The fourth-order valence-electron chi connectivity index (χ4n) is 3.64. The van der Waals surface area contributed by atoms with Crippen molar-refractivity contribution in [2.24, 2.45) is 0 Å². The Balaban J connectivity index is 1.66. The lowest BCUT2D eigenvalue weighted by Crippen LogP contribution is -2.38. The molecule has 0 saturated carbocycles. The van der Waals surface area contributed by atoms with Gasteiger partial charge >= 0.3 is 0 Å². The SMILES string of the molecule is CCOc1ccc(-c2nn3c(C4CCCN(S(C)(=O)=O)C4)nnc3s2)cc1OCC. The molecule has 9 nitrogen and oxygen atoms in total.